The van der Waals surface area contributed by atoms with E-state index in [1.807, 2.05) is 0 Å². The molecule has 2 bridgehead atoms. The summed E-state index contributed by atoms with van der Waals surface area (Å²) < 4.78 is 4.69. The Bertz CT molecular complexity index is 360. The Hall–Kier alpha value is -1.16. The lowest BCUT2D eigenvalue weighted by atomic mass is 9.94. The van der Waals surface area contributed by atoms with Gasteiger partial charge >= 0.3 is 0 Å². The van der Waals surface area contributed by atoms with Crippen molar-refractivity contribution < 1.29 is 4.52 Å². The summed E-state index contributed by atoms with van der Waals surface area (Å²) in [5, 5.41) is 7.28. The largest absolute Gasteiger partial charge is 0.343 e. The minimum absolute atomic E-state index is 0.792. The molecule has 2 aliphatic carbocycles. The highest BCUT2D eigenvalue weighted by molar-refractivity contribution is 5.10. The van der Waals surface area contributed by atoms with Crippen LogP contribution in [-0.2, 0) is 6.42 Å². The molecule has 3 atom stereocenters. The third-order valence-corrected chi connectivity index (χ3v) is 3.76. The normalized spacial score (nSPS) is 31.4. The van der Waals surface area contributed by atoms with Crippen LogP contribution < -0.4 is 5.32 Å². The molecule has 0 aliphatic heterocycles. The first-order valence-corrected chi connectivity index (χ1v) is 6.06. The van der Waals surface area contributed by atoms with Gasteiger partial charge in [0.15, 0.2) is 5.82 Å². The van der Waals surface area contributed by atoms with Crippen molar-refractivity contribution in [1.29, 1.82) is 0 Å². The van der Waals surface area contributed by atoms with Gasteiger partial charge in [-0.05, 0) is 37.1 Å². The van der Waals surface area contributed by atoms with E-state index in [2.05, 4.69) is 32.1 Å². The molecule has 3 unspecified atom stereocenters. The van der Waals surface area contributed by atoms with E-state index >= 15 is 0 Å². The molecule has 1 saturated carbocycles. The average Bonchev–Trinajstić information content (AvgIpc) is 3.01. The van der Waals surface area contributed by atoms with Crippen LogP contribution in [0.4, 0.5) is 0 Å². The fourth-order valence-corrected chi connectivity index (χ4v) is 2.92. The number of nitrogens with zero attached hydrogens (tertiary/aromatic N) is 2. The number of rotatable bonds is 5. The molecule has 0 spiro atoms. The smallest absolute Gasteiger partial charge is 0.213 e. The number of hydrogen-bond acceptors (Lipinski definition) is 4. The zero-order valence-corrected chi connectivity index (χ0v) is 9.30. The maximum Gasteiger partial charge on any atom is 0.213 e. The Labute approximate surface area is 95.1 Å². The molecule has 0 amide bonds. The highest BCUT2D eigenvalue weighted by Gasteiger charge is 2.34. The molecule has 86 valence electrons. The van der Waals surface area contributed by atoms with Crippen LogP contribution in [0.15, 0.2) is 23.1 Å². The third kappa shape index (κ3) is 2.02. The second-order valence-corrected chi connectivity index (χ2v) is 4.84. The number of nitrogens with one attached hydrogen (secondary N) is 1. The van der Waals surface area contributed by atoms with Crippen molar-refractivity contribution in [2.75, 3.05) is 13.1 Å². The summed E-state index contributed by atoms with van der Waals surface area (Å²) in [5.74, 6) is 3.34. The number of allylic oxidation sites excluding steroid dienone is 2. The van der Waals surface area contributed by atoms with Crippen LogP contribution in [0.3, 0.4) is 0 Å². The topological polar surface area (TPSA) is 51.0 Å². The third-order valence-electron chi connectivity index (χ3n) is 3.76. The first kappa shape index (κ1) is 10.0. The lowest BCUT2D eigenvalue weighted by Crippen LogP contribution is -2.27. The standard InChI is InChI=1S/C12H17N3O/c1-2-10-5-9(1)6-11(10)7-13-4-3-12-14-8-16-15-12/h1-2,8-11,13H,3-7H2. The van der Waals surface area contributed by atoms with Crippen LogP contribution in [-0.4, -0.2) is 23.2 Å². The quantitative estimate of drug-likeness (QED) is 0.601. The van der Waals surface area contributed by atoms with Gasteiger partial charge in [0.25, 0.3) is 0 Å². The second-order valence-electron chi connectivity index (χ2n) is 4.84. The average molecular weight is 219 g/mol. The Morgan fingerprint density at radius 2 is 2.38 bits per heavy atom. The predicted octanol–water partition coefficient (Wildman–Crippen LogP) is 1.41. The molecule has 4 nitrogen and oxygen atoms in total. The molecule has 1 aromatic rings. The molecule has 16 heavy (non-hydrogen) atoms. The molecule has 1 heterocycles. The SMILES string of the molecule is C1=CC2CC1CC2CNCCc1ncon1. The van der Waals surface area contributed by atoms with E-state index in [9.17, 15) is 0 Å². The first-order chi connectivity index (χ1) is 7.92. The second kappa shape index (κ2) is 4.37. The van der Waals surface area contributed by atoms with E-state index in [1.165, 1.54) is 19.2 Å². The molecular formula is C12H17N3O. The van der Waals surface area contributed by atoms with E-state index < -0.39 is 0 Å². The highest BCUT2D eigenvalue weighted by atomic mass is 16.5. The fourth-order valence-electron chi connectivity index (χ4n) is 2.92. The molecule has 3 rings (SSSR count). The van der Waals surface area contributed by atoms with E-state index in [4.69, 9.17) is 0 Å². The lowest BCUT2D eigenvalue weighted by Gasteiger charge is -2.18. The summed E-state index contributed by atoms with van der Waals surface area (Å²) in [6.45, 7) is 2.07. The Morgan fingerprint density at radius 1 is 1.38 bits per heavy atom. The van der Waals surface area contributed by atoms with Gasteiger partial charge in [0.1, 0.15) is 0 Å². The first-order valence-electron chi connectivity index (χ1n) is 6.06. The van der Waals surface area contributed by atoms with E-state index in [-0.39, 0.29) is 0 Å². The highest BCUT2D eigenvalue weighted by Crippen LogP contribution is 2.42. The minimum atomic E-state index is 0.792. The van der Waals surface area contributed by atoms with Crippen LogP contribution in [0.1, 0.15) is 18.7 Å². The van der Waals surface area contributed by atoms with E-state index in [0.717, 1.165) is 43.1 Å². The van der Waals surface area contributed by atoms with Gasteiger partial charge in [-0.3, -0.25) is 0 Å². The van der Waals surface area contributed by atoms with Crippen LogP contribution in [0.2, 0.25) is 0 Å². The number of fused-ring (bicyclic) bond motifs is 2. The molecule has 1 aromatic heterocycles. The number of hydrogen-bond donors (Lipinski definition) is 1. The van der Waals surface area contributed by atoms with Crippen LogP contribution in [0.25, 0.3) is 0 Å². The van der Waals surface area contributed by atoms with Crippen molar-refractivity contribution in [2.45, 2.75) is 19.3 Å². The van der Waals surface area contributed by atoms with Crippen molar-refractivity contribution in [3.05, 3.63) is 24.4 Å². The molecule has 1 N–H and O–H groups in total. The lowest BCUT2D eigenvalue weighted by molar-refractivity contribution is 0.402. The summed E-state index contributed by atoms with van der Waals surface area (Å²) in [5.41, 5.74) is 0. The van der Waals surface area contributed by atoms with E-state index in [0.29, 0.717) is 0 Å². The maximum absolute atomic E-state index is 4.69. The van der Waals surface area contributed by atoms with Gasteiger partial charge in [-0.2, -0.15) is 4.98 Å². The van der Waals surface area contributed by atoms with Gasteiger partial charge < -0.3 is 9.84 Å². The summed E-state index contributed by atoms with van der Waals surface area (Å²) in [4.78, 5) is 3.99. The van der Waals surface area contributed by atoms with Gasteiger partial charge in [0.05, 0.1) is 0 Å². The van der Waals surface area contributed by atoms with Gasteiger partial charge in [-0.1, -0.05) is 17.3 Å². The zero-order valence-electron chi connectivity index (χ0n) is 9.30. The molecular weight excluding hydrogens is 202 g/mol. The summed E-state index contributed by atoms with van der Waals surface area (Å²) >= 11 is 0. The Balaban J connectivity index is 1.37. The fraction of sp³-hybridized carbons (Fsp3) is 0.667. The molecule has 0 radical (unpaired) electrons. The van der Waals surface area contributed by atoms with Crippen molar-refractivity contribution in [3.8, 4) is 0 Å². The summed E-state index contributed by atoms with van der Waals surface area (Å²) in [6, 6.07) is 0. The zero-order chi connectivity index (χ0) is 10.8. The predicted molar refractivity (Wildman–Crippen MR) is 59.7 cm³/mol. The van der Waals surface area contributed by atoms with Crippen molar-refractivity contribution >= 4 is 0 Å². The van der Waals surface area contributed by atoms with Gasteiger partial charge in [0, 0.05) is 13.0 Å². The van der Waals surface area contributed by atoms with Crippen LogP contribution in [0.5, 0.6) is 0 Å². The molecule has 1 fully saturated rings. The summed E-state index contributed by atoms with van der Waals surface area (Å²) in [7, 11) is 0. The number of aromatic nitrogens is 2. The monoisotopic (exact) mass is 219 g/mol. The summed E-state index contributed by atoms with van der Waals surface area (Å²) in [6.07, 6.45) is 9.79. The van der Waals surface area contributed by atoms with Gasteiger partial charge in [-0.15, -0.1) is 0 Å². The van der Waals surface area contributed by atoms with Gasteiger partial charge in [0.2, 0.25) is 6.39 Å². The van der Waals surface area contributed by atoms with Crippen molar-refractivity contribution in [1.82, 2.24) is 15.5 Å². The van der Waals surface area contributed by atoms with Crippen LogP contribution >= 0.6 is 0 Å². The van der Waals surface area contributed by atoms with Crippen molar-refractivity contribution in [2.24, 2.45) is 17.8 Å². The van der Waals surface area contributed by atoms with Crippen molar-refractivity contribution in [3.63, 3.8) is 0 Å². The van der Waals surface area contributed by atoms with E-state index in [1.54, 1.807) is 0 Å². The molecule has 0 saturated heterocycles. The Kier molecular flexibility index (Phi) is 2.74. The molecule has 2 aliphatic rings. The molecule has 4 heteroatoms. The molecule has 0 aromatic carbocycles. The maximum atomic E-state index is 4.69. The Morgan fingerprint density at radius 3 is 3.06 bits per heavy atom. The van der Waals surface area contributed by atoms with Crippen LogP contribution in [0, 0.1) is 17.8 Å². The van der Waals surface area contributed by atoms with Gasteiger partial charge in [-0.25, -0.2) is 0 Å². The minimum Gasteiger partial charge on any atom is -0.343 e.